The van der Waals surface area contributed by atoms with Gasteiger partial charge in [0.15, 0.2) is 0 Å². The molecule has 1 amide bonds. The molecule has 112 valence electrons. The van der Waals surface area contributed by atoms with Gasteiger partial charge < -0.3 is 5.32 Å². The molecule has 0 aliphatic rings. The van der Waals surface area contributed by atoms with Crippen molar-refractivity contribution in [3.63, 3.8) is 0 Å². The van der Waals surface area contributed by atoms with Crippen molar-refractivity contribution in [3.05, 3.63) is 57.9 Å². The first kappa shape index (κ1) is 15.8. The molecule has 0 aliphatic carbocycles. The topological polar surface area (TPSA) is 70.7 Å². The molecule has 0 radical (unpaired) electrons. The number of hydrogen-bond donors (Lipinski definition) is 1. The molecule has 0 aliphatic heterocycles. The number of amides is 1. The summed E-state index contributed by atoms with van der Waals surface area (Å²) in [5.74, 6) is -0.450. The fraction of sp³-hybridized carbons (Fsp3) is 0.188. The van der Waals surface area contributed by atoms with Crippen molar-refractivity contribution >= 4 is 23.6 Å². The summed E-state index contributed by atoms with van der Waals surface area (Å²) in [6.07, 6.45) is 1.46. The Balaban J connectivity index is 2.37. The van der Waals surface area contributed by atoms with Crippen molar-refractivity contribution in [3.8, 4) is 6.07 Å². The number of nitrogens with one attached hydrogen (secondary N) is 1. The smallest absolute Gasteiger partial charge is 0.261 e. The molecule has 0 saturated carbocycles. The van der Waals surface area contributed by atoms with Gasteiger partial charge in [0.2, 0.25) is 0 Å². The van der Waals surface area contributed by atoms with Crippen LogP contribution in [0.4, 0.5) is 0 Å². The van der Waals surface area contributed by atoms with E-state index in [1.807, 2.05) is 36.4 Å². The lowest BCUT2D eigenvalue weighted by atomic mass is 10.1. The van der Waals surface area contributed by atoms with Gasteiger partial charge in [-0.3, -0.25) is 4.79 Å². The average Bonchev–Trinajstić information content (AvgIpc) is 2.79. The molecule has 6 heteroatoms. The fourth-order valence-electron chi connectivity index (χ4n) is 2.02. The molecule has 1 heterocycles. The van der Waals surface area contributed by atoms with E-state index >= 15 is 0 Å². The first-order valence-electron chi connectivity index (χ1n) is 6.67. The zero-order valence-electron chi connectivity index (χ0n) is 12.3. The van der Waals surface area contributed by atoms with Crippen LogP contribution in [-0.4, -0.2) is 22.7 Å². The Morgan fingerprint density at radius 2 is 2.14 bits per heavy atom. The summed E-state index contributed by atoms with van der Waals surface area (Å²) in [5, 5.41) is 16.3. The van der Waals surface area contributed by atoms with Gasteiger partial charge in [0.25, 0.3) is 5.91 Å². The van der Waals surface area contributed by atoms with Gasteiger partial charge in [-0.1, -0.05) is 41.9 Å². The highest BCUT2D eigenvalue weighted by atomic mass is 35.5. The highest BCUT2D eigenvalue weighted by Crippen LogP contribution is 2.23. The maximum Gasteiger partial charge on any atom is 0.261 e. The number of nitrogens with zero attached hydrogens (tertiary/aromatic N) is 3. The average molecular weight is 315 g/mol. The highest BCUT2D eigenvalue weighted by molar-refractivity contribution is 6.31. The molecule has 0 fully saturated rings. The molecule has 5 nitrogen and oxygen atoms in total. The minimum absolute atomic E-state index is 0.00763. The number of carbonyl (C=O) groups is 1. The summed E-state index contributed by atoms with van der Waals surface area (Å²) in [7, 11) is 1.47. The summed E-state index contributed by atoms with van der Waals surface area (Å²) in [6.45, 7) is 2.31. The van der Waals surface area contributed by atoms with Gasteiger partial charge in [-0.25, -0.2) is 4.68 Å². The van der Waals surface area contributed by atoms with Crippen LogP contribution < -0.4 is 5.32 Å². The third kappa shape index (κ3) is 3.35. The molecule has 0 saturated heterocycles. The van der Waals surface area contributed by atoms with E-state index in [4.69, 9.17) is 16.9 Å². The van der Waals surface area contributed by atoms with E-state index in [9.17, 15) is 4.79 Å². The van der Waals surface area contributed by atoms with Crippen molar-refractivity contribution < 1.29 is 4.79 Å². The summed E-state index contributed by atoms with van der Waals surface area (Å²) in [4.78, 5) is 11.6. The maximum atomic E-state index is 11.6. The summed E-state index contributed by atoms with van der Waals surface area (Å²) in [5.41, 5.74) is 2.30. The first-order chi connectivity index (χ1) is 10.6. The minimum Gasteiger partial charge on any atom is -0.354 e. The molecule has 2 aromatic rings. The Morgan fingerprint density at radius 1 is 1.45 bits per heavy atom. The number of likely N-dealkylation sites (N-methyl/N-ethyl adjacent to an activating group) is 1. The Bertz CT molecular complexity index is 756. The molecule has 1 N–H and O–H groups in total. The monoisotopic (exact) mass is 314 g/mol. The van der Waals surface area contributed by atoms with Crippen LogP contribution in [0.3, 0.4) is 0 Å². The molecule has 1 aromatic heterocycles. The first-order valence-corrected chi connectivity index (χ1v) is 7.05. The van der Waals surface area contributed by atoms with E-state index in [1.165, 1.54) is 13.1 Å². The van der Waals surface area contributed by atoms with Crippen LogP contribution in [0.25, 0.3) is 6.08 Å². The molecular formula is C16H15ClN4O. The molecule has 0 spiro atoms. The maximum absolute atomic E-state index is 11.6. The Hall–Kier alpha value is -2.58. The van der Waals surface area contributed by atoms with Gasteiger partial charge >= 0.3 is 0 Å². The Labute approximate surface area is 133 Å². The van der Waals surface area contributed by atoms with E-state index in [0.717, 1.165) is 5.56 Å². The molecule has 22 heavy (non-hydrogen) atoms. The minimum atomic E-state index is -0.450. The number of hydrogen-bond acceptors (Lipinski definition) is 3. The van der Waals surface area contributed by atoms with E-state index < -0.39 is 5.91 Å². The number of halogens is 1. The second-order valence-corrected chi connectivity index (χ2v) is 5.04. The molecule has 0 bridgehead atoms. The van der Waals surface area contributed by atoms with Gasteiger partial charge in [0, 0.05) is 12.6 Å². The van der Waals surface area contributed by atoms with E-state index in [2.05, 4.69) is 10.4 Å². The molecular weight excluding hydrogens is 300 g/mol. The van der Waals surface area contributed by atoms with Crippen LogP contribution in [0.15, 0.2) is 35.9 Å². The predicted octanol–water partition coefficient (Wildman–Crippen LogP) is 2.55. The third-order valence-electron chi connectivity index (χ3n) is 3.17. The van der Waals surface area contributed by atoms with Crippen molar-refractivity contribution in [2.45, 2.75) is 13.5 Å². The zero-order valence-corrected chi connectivity index (χ0v) is 13.1. The van der Waals surface area contributed by atoms with Crippen LogP contribution in [0.1, 0.15) is 16.8 Å². The highest BCUT2D eigenvalue weighted by Gasteiger charge is 2.15. The molecule has 2 rings (SSSR count). The number of benzene rings is 1. The zero-order chi connectivity index (χ0) is 16.1. The Morgan fingerprint density at radius 3 is 2.73 bits per heavy atom. The lowest BCUT2D eigenvalue weighted by molar-refractivity contribution is -0.116. The normalized spacial score (nSPS) is 11.1. The predicted molar refractivity (Wildman–Crippen MR) is 85.2 cm³/mol. The van der Waals surface area contributed by atoms with Crippen molar-refractivity contribution in [1.82, 2.24) is 15.1 Å². The van der Waals surface area contributed by atoms with Gasteiger partial charge in [-0.05, 0) is 18.6 Å². The van der Waals surface area contributed by atoms with Crippen LogP contribution in [0.5, 0.6) is 0 Å². The van der Waals surface area contributed by atoms with Crippen LogP contribution in [0, 0.1) is 18.3 Å². The van der Waals surface area contributed by atoms with E-state index in [-0.39, 0.29) is 5.57 Å². The number of aryl methyl sites for hydroxylation is 1. The van der Waals surface area contributed by atoms with Crippen molar-refractivity contribution in [2.24, 2.45) is 0 Å². The summed E-state index contributed by atoms with van der Waals surface area (Å²) >= 11 is 6.34. The lowest BCUT2D eigenvalue weighted by Gasteiger charge is -2.03. The number of rotatable bonds is 4. The van der Waals surface area contributed by atoms with E-state index in [1.54, 1.807) is 11.6 Å². The largest absolute Gasteiger partial charge is 0.354 e. The summed E-state index contributed by atoms with van der Waals surface area (Å²) in [6, 6.07) is 11.7. The molecule has 0 atom stereocenters. The lowest BCUT2D eigenvalue weighted by Crippen LogP contribution is -2.19. The Kier molecular flexibility index (Phi) is 4.97. The SMILES string of the molecule is CNC(=O)/C(C#N)=C/c1c(C)nn(Cc2ccccc2)c1Cl. The second-order valence-electron chi connectivity index (χ2n) is 4.68. The third-order valence-corrected chi connectivity index (χ3v) is 3.56. The number of nitriles is 1. The second kappa shape index (κ2) is 6.92. The van der Waals surface area contributed by atoms with Crippen molar-refractivity contribution in [2.75, 3.05) is 7.05 Å². The molecule has 0 unspecified atom stereocenters. The molecule has 1 aromatic carbocycles. The fourth-order valence-corrected chi connectivity index (χ4v) is 2.31. The van der Waals surface area contributed by atoms with Gasteiger partial charge in [-0.15, -0.1) is 0 Å². The van der Waals surface area contributed by atoms with E-state index in [0.29, 0.717) is 23.0 Å². The standard InChI is InChI=1S/C16H15ClN4O/c1-11-14(8-13(9-18)16(22)19-2)15(17)21(20-11)10-12-6-4-3-5-7-12/h3-8H,10H2,1-2H3,(H,19,22)/b13-8+. The summed E-state index contributed by atoms with van der Waals surface area (Å²) < 4.78 is 1.65. The quantitative estimate of drug-likeness (QED) is 0.696. The number of aromatic nitrogens is 2. The number of carbonyl (C=O) groups excluding carboxylic acids is 1. The van der Waals surface area contributed by atoms with Crippen LogP contribution in [-0.2, 0) is 11.3 Å². The van der Waals surface area contributed by atoms with Crippen LogP contribution >= 0.6 is 11.6 Å². The van der Waals surface area contributed by atoms with Gasteiger partial charge in [-0.2, -0.15) is 10.4 Å². The van der Waals surface area contributed by atoms with Gasteiger partial charge in [0.05, 0.1) is 12.2 Å². The van der Waals surface area contributed by atoms with Gasteiger partial charge in [0.1, 0.15) is 16.8 Å². The van der Waals surface area contributed by atoms with Crippen molar-refractivity contribution in [1.29, 1.82) is 5.26 Å². The van der Waals surface area contributed by atoms with Crippen LogP contribution in [0.2, 0.25) is 5.15 Å².